The van der Waals surface area contributed by atoms with Crippen molar-refractivity contribution < 1.29 is 13.5 Å². The van der Waals surface area contributed by atoms with Crippen LogP contribution in [0.3, 0.4) is 0 Å². The Bertz CT molecular complexity index is 1250. The molecule has 7 nitrogen and oxygen atoms in total. The zero-order chi connectivity index (χ0) is 24.9. The molecule has 3 aromatic rings. The lowest BCUT2D eigenvalue weighted by Gasteiger charge is -2.26. The van der Waals surface area contributed by atoms with Gasteiger partial charge in [-0.25, -0.2) is 18.7 Å². The van der Waals surface area contributed by atoms with Gasteiger partial charge in [0.1, 0.15) is 5.52 Å². The van der Waals surface area contributed by atoms with Crippen molar-refractivity contribution >= 4 is 17.0 Å². The average Bonchev–Trinajstić information content (AvgIpc) is 2.91. The first-order chi connectivity index (χ1) is 17.6. The zero-order valence-corrected chi connectivity index (χ0v) is 20.5. The highest BCUT2D eigenvalue weighted by molar-refractivity contribution is 5.76. The van der Waals surface area contributed by atoms with E-state index < -0.39 is 11.6 Å². The average molecular weight is 498 g/mol. The summed E-state index contributed by atoms with van der Waals surface area (Å²) in [6, 6.07) is 7.25. The van der Waals surface area contributed by atoms with E-state index in [0.29, 0.717) is 47.2 Å². The topological polar surface area (TPSA) is 72.3 Å². The third-order valence-corrected chi connectivity index (χ3v) is 7.22. The summed E-state index contributed by atoms with van der Waals surface area (Å²) in [5.41, 5.74) is 1.83. The number of benzene rings is 1. The van der Waals surface area contributed by atoms with E-state index in [1.165, 1.54) is 25.3 Å². The molecule has 1 saturated heterocycles. The van der Waals surface area contributed by atoms with Crippen LogP contribution in [-0.2, 0) is 11.3 Å². The normalized spacial score (nSPS) is 17.5. The highest BCUT2D eigenvalue weighted by Crippen LogP contribution is 2.27. The van der Waals surface area contributed by atoms with E-state index >= 15 is 0 Å². The SMILES string of the molecule is O=c1c(NCCCN2CCOCC2)nc2ccc(-c3ccc(F)c(F)c3)nc2n1CC1CCCCC1. The van der Waals surface area contributed by atoms with Crippen LogP contribution in [0, 0.1) is 17.6 Å². The first kappa shape index (κ1) is 24.8. The van der Waals surface area contributed by atoms with Crippen LogP contribution in [0.15, 0.2) is 35.1 Å². The lowest BCUT2D eigenvalue weighted by molar-refractivity contribution is 0.0378. The van der Waals surface area contributed by atoms with Gasteiger partial charge in [-0.05, 0) is 62.1 Å². The van der Waals surface area contributed by atoms with Crippen molar-refractivity contribution in [2.75, 3.05) is 44.7 Å². The van der Waals surface area contributed by atoms with Crippen LogP contribution in [0.5, 0.6) is 0 Å². The van der Waals surface area contributed by atoms with E-state index in [1.54, 1.807) is 16.7 Å². The Hall–Kier alpha value is -2.91. The lowest BCUT2D eigenvalue weighted by Crippen LogP contribution is -2.37. The van der Waals surface area contributed by atoms with E-state index in [2.05, 4.69) is 15.2 Å². The third-order valence-electron chi connectivity index (χ3n) is 7.22. The van der Waals surface area contributed by atoms with Crippen molar-refractivity contribution in [1.29, 1.82) is 0 Å². The molecule has 1 N–H and O–H groups in total. The second kappa shape index (κ2) is 11.4. The number of rotatable bonds is 8. The van der Waals surface area contributed by atoms with E-state index in [-0.39, 0.29) is 5.56 Å². The first-order valence-electron chi connectivity index (χ1n) is 13.0. The van der Waals surface area contributed by atoms with Gasteiger partial charge in [-0.1, -0.05) is 19.3 Å². The van der Waals surface area contributed by atoms with E-state index in [4.69, 9.17) is 9.72 Å². The second-order valence-electron chi connectivity index (χ2n) is 9.78. The van der Waals surface area contributed by atoms with Crippen LogP contribution < -0.4 is 10.9 Å². The van der Waals surface area contributed by atoms with Gasteiger partial charge in [0, 0.05) is 31.7 Å². The number of nitrogens with one attached hydrogen (secondary N) is 1. The van der Waals surface area contributed by atoms with E-state index in [1.807, 2.05) is 0 Å². The fourth-order valence-corrected chi connectivity index (χ4v) is 5.18. The molecule has 0 radical (unpaired) electrons. The summed E-state index contributed by atoms with van der Waals surface area (Å²) in [6.07, 6.45) is 6.64. The van der Waals surface area contributed by atoms with Crippen LogP contribution in [0.1, 0.15) is 38.5 Å². The number of pyridine rings is 1. The molecular weight excluding hydrogens is 464 g/mol. The van der Waals surface area contributed by atoms with Crippen LogP contribution >= 0.6 is 0 Å². The fraction of sp³-hybridized carbons (Fsp3) is 0.519. The minimum Gasteiger partial charge on any atom is -0.379 e. The maximum atomic E-state index is 13.9. The molecule has 1 saturated carbocycles. The van der Waals surface area contributed by atoms with Gasteiger partial charge < -0.3 is 10.1 Å². The molecule has 2 fully saturated rings. The molecule has 1 aromatic carbocycles. The molecule has 0 bridgehead atoms. The molecule has 1 aliphatic carbocycles. The van der Waals surface area contributed by atoms with Crippen LogP contribution in [-0.4, -0.2) is 58.8 Å². The zero-order valence-electron chi connectivity index (χ0n) is 20.5. The molecule has 3 heterocycles. The Labute approximate surface area is 209 Å². The fourth-order valence-electron chi connectivity index (χ4n) is 5.18. The van der Waals surface area contributed by atoms with Crippen molar-refractivity contribution in [3.63, 3.8) is 0 Å². The van der Waals surface area contributed by atoms with Crippen LogP contribution in [0.25, 0.3) is 22.4 Å². The number of anilines is 1. The monoisotopic (exact) mass is 497 g/mol. The van der Waals surface area contributed by atoms with Gasteiger partial charge in [-0.2, -0.15) is 0 Å². The Morgan fingerprint density at radius 1 is 1.00 bits per heavy atom. The Morgan fingerprint density at radius 3 is 2.58 bits per heavy atom. The number of morpholine rings is 1. The van der Waals surface area contributed by atoms with Crippen molar-refractivity contribution in [3.8, 4) is 11.3 Å². The number of hydrogen-bond acceptors (Lipinski definition) is 6. The quantitative estimate of drug-likeness (QED) is 0.464. The van der Waals surface area contributed by atoms with Crippen LogP contribution in [0.2, 0.25) is 0 Å². The standard InChI is InChI=1S/C27H33F2N5O2/c28-21-8-7-20(17-22(21)29)23-9-10-24-26(32-23)34(18-19-5-2-1-3-6-19)27(35)25(31-24)30-11-4-12-33-13-15-36-16-14-33/h7-10,17,19H,1-6,11-16,18H2,(H,30,31). The highest BCUT2D eigenvalue weighted by Gasteiger charge is 2.20. The number of nitrogens with zero attached hydrogens (tertiary/aromatic N) is 4. The number of hydrogen-bond donors (Lipinski definition) is 1. The van der Waals surface area contributed by atoms with Gasteiger partial charge in [-0.15, -0.1) is 0 Å². The number of halogens is 2. The summed E-state index contributed by atoms with van der Waals surface area (Å²) in [7, 11) is 0. The second-order valence-corrected chi connectivity index (χ2v) is 9.78. The van der Waals surface area contributed by atoms with Gasteiger partial charge in [0.2, 0.25) is 0 Å². The van der Waals surface area contributed by atoms with Crippen molar-refractivity contribution in [1.82, 2.24) is 19.4 Å². The first-order valence-corrected chi connectivity index (χ1v) is 13.0. The molecule has 0 amide bonds. The molecule has 2 aliphatic rings. The van der Waals surface area contributed by atoms with E-state index in [0.717, 1.165) is 64.2 Å². The van der Waals surface area contributed by atoms with Gasteiger partial charge in [0.15, 0.2) is 23.1 Å². The molecule has 36 heavy (non-hydrogen) atoms. The summed E-state index contributed by atoms with van der Waals surface area (Å²) >= 11 is 0. The molecule has 0 atom stereocenters. The van der Waals surface area contributed by atoms with Crippen LogP contribution in [0.4, 0.5) is 14.6 Å². The number of aromatic nitrogens is 3. The predicted molar refractivity (Wildman–Crippen MR) is 136 cm³/mol. The Balaban J connectivity index is 1.42. The lowest BCUT2D eigenvalue weighted by atomic mass is 9.89. The molecule has 5 rings (SSSR count). The third kappa shape index (κ3) is 5.73. The summed E-state index contributed by atoms with van der Waals surface area (Å²) < 4.78 is 34.4. The maximum absolute atomic E-state index is 13.9. The van der Waals surface area contributed by atoms with Crippen molar-refractivity contribution in [3.05, 3.63) is 52.3 Å². The summed E-state index contributed by atoms with van der Waals surface area (Å²) in [5.74, 6) is -1.09. The maximum Gasteiger partial charge on any atom is 0.294 e. The molecule has 1 aliphatic heterocycles. The minimum atomic E-state index is -0.927. The summed E-state index contributed by atoms with van der Waals surface area (Å²) in [6.45, 7) is 5.59. The minimum absolute atomic E-state index is 0.186. The Morgan fingerprint density at radius 2 is 1.81 bits per heavy atom. The molecule has 192 valence electrons. The van der Waals surface area contributed by atoms with Crippen molar-refractivity contribution in [2.24, 2.45) is 5.92 Å². The predicted octanol–water partition coefficient (Wildman–Crippen LogP) is 4.45. The summed E-state index contributed by atoms with van der Waals surface area (Å²) in [4.78, 5) is 25.2. The van der Waals surface area contributed by atoms with Crippen molar-refractivity contribution in [2.45, 2.75) is 45.1 Å². The smallest absolute Gasteiger partial charge is 0.294 e. The van der Waals surface area contributed by atoms with Gasteiger partial charge in [-0.3, -0.25) is 14.3 Å². The van der Waals surface area contributed by atoms with Gasteiger partial charge >= 0.3 is 0 Å². The molecule has 9 heteroatoms. The molecule has 0 unspecified atom stereocenters. The highest BCUT2D eigenvalue weighted by atomic mass is 19.2. The number of fused-ring (bicyclic) bond motifs is 1. The summed E-state index contributed by atoms with van der Waals surface area (Å²) in [5, 5.41) is 3.26. The number of ether oxygens (including phenoxy) is 1. The molecule has 0 spiro atoms. The molecular formula is C27H33F2N5O2. The molecule has 2 aromatic heterocycles. The largest absolute Gasteiger partial charge is 0.379 e. The Kier molecular flexibility index (Phi) is 7.87. The van der Waals surface area contributed by atoms with E-state index in [9.17, 15) is 13.6 Å². The van der Waals surface area contributed by atoms with Gasteiger partial charge in [0.05, 0.1) is 18.9 Å². The van der Waals surface area contributed by atoms with Gasteiger partial charge in [0.25, 0.3) is 5.56 Å².